The number of aliphatic hydroxyl groups is 1. The fourth-order valence-corrected chi connectivity index (χ4v) is 3.99. The van der Waals surface area contributed by atoms with E-state index >= 15 is 0 Å². The molecule has 1 fully saturated rings. The molecule has 1 saturated heterocycles. The van der Waals surface area contributed by atoms with Gasteiger partial charge in [0.2, 0.25) is 0 Å². The Hall–Kier alpha value is -1.82. The maximum atomic E-state index is 9.36. The molecule has 1 N–H and O–H groups in total. The van der Waals surface area contributed by atoms with Gasteiger partial charge in [-0.1, -0.05) is 30.3 Å². The van der Waals surface area contributed by atoms with Crippen molar-refractivity contribution in [1.82, 2.24) is 0 Å². The SMILES string of the molecule is Cc1c(OC2CCc3cc(CO)ccc32)cccc1B1OC(C)(C)C(C)(C)O1. The molecule has 1 aliphatic carbocycles. The zero-order chi connectivity index (χ0) is 20.1. The molecule has 0 bridgehead atoms. The van der Waals surface area contributed by atoms with Crippen LogP contribution >= 0.6 is 0 Å². The van der Waals surface area contributed by atoms with Crippen molar-refractivity contribution in [2.45, 2.75) is 71.4 Å². The summed E-state index contributed by atoms with van der Waals surface area (Å²) in [5.74, 6) is 0.872. The van der Waals surface area contributed by atoms with Crippen LogP contribution in [-0.4, -0.2) is 23.4 Å². The average Bonchev–Trinajstić information content (AvgIpc) is 3.13. The van der Waals surface area contributed by atoms with Crippen LogP contribution in [0.2, 0.25) is 0 Å². The molecule has 1 atom stereocenters. The topological polar surface area (TPSA) is 47.9 Å². The van der Waals surface area contributed by atoms with Crippen molar-refractivity contribution < 1.29 is 19.2 Å². The van der Waals surface area contributed by atoms with E-state index in [4.69, 9.17) is 14.0 Å². The zero-order valence-corrected chi connectivity index (χ0v) is 17.4. The predicted molar refractivity (Wildman–Crippen MR) is 111 cm³/mol. The van der Waals surface area contributed by atoms with Crippen LogP contribution in [0, 0.1) is 6.92 Å². The molecule has 1 unspecified atom stereocenters. The van der Waals surface area contributed by atoms with Crippen LogP contribution in [0.25, 0.3) is 0 Å². The Labute approximate surface area is 168 Å². The van der Waals surface area contributed by atoms with Crippen LogP contribution in [0.15, 0.2) is 36.4 Å². The minimum absolute atomic E-state index is 0.0370. The van der Waals surface area contributed by atoms with Crippen molar-refractivity contribution in [3.8, 4) is 5.75 Å². The van der Waals surface area contributed by atoms with Gasteiger partial charge in [0, 0.05) is 0 Å². The van der Waals surface area contributed by atoms with Gasteiger partial charge < -0.3 is 19.2 Å². The van der Waals surface area contributed by atoms with Crippen molar-refractivity contribution in [3.05, 3.63) is 58.7 Å². The second-order valence-corrected chi connectivity index (χ2v) is 8.90. The Balaban J connectivity index is 1.58. The lowest BCUT2D eigenvalue weighted by Gasteiger charge is -2.32. The molecule has 1 aliphatic heterocycles. The molecule has 0 radical (unpaired) electrons. The molecule has 148 valence electrons. The van der Waals surface area contributed by atoms with E-state index in [9.17, 15) is 5.11 Å². The summed E-state index contributed by atoms with van der Waals surface area (Å²) in [5, 5.41) is 9.36. The largest absolute Gasteiger partial charge is 0.495 e. The maximum absolute atomic E-state index is 9.36. The molecule has 5 heteroatoms. The highest BCUT2D eigenvalue weighted by molar-refractivity contribution is 6.62. The van der Waals surface area contributed by atoms with Gasteiger partial charge >= 0.3 is 7.12 Å². The second-order valence-electron chi connectivity index (χ2n) is 8.90. The van der Waals surface area contributed by atoms with Crippen LogP contribution in [0.1, 0.15) is 62.5 Å². The van der Waals surface area contributed by atoms with Gasteiger partial charge in [-0.25, -0.2) is 0 Å². The van der Waals surface area contributed by atoms with Crippen molar-refractivity contribution in [1.29, 1.82) is 0 Å². The summed E-state index contributed by atoms with van der Waals surface area (Å²) in [4.78, 5) is 0. The van der Waals surface area contributed by atoms with E-state index in [1.807, 2.05) is 18.2 Å². The first-order valence-corrected chi connectivity index (χ1v) is 10.1. The summed E-state index contributed by atoms with van der Waals surface area (Å²) in [6.45, 7) is 10.4. The van der Waals surface area contributed by atoms with E-state index in [1.165, 1.54) is 11.1 Å². The number of hydrogen-bond acceptors (Lipinski definition) is 4. The Morgan fingerprint density at radius 2 is 1.82 bits per heavy atom. The van der Waals surface area contributed by atoms with Gasteiger partial charge in [0.15, 0.2) is 0 Å². The van der Waals surface area contributed by atoms with Crippen LogP contribution in [-0.2, 0) is 22.3 Å². The van der Waals surface area contributed by atoms with Gasteiger partial charge in [0.25, 0.3) is 0 Å². The number of ether oxygens (including phenoxy) is 1. The van der Waals surface area contributed by atoms with Gasteiger partial charge in [-0.3, -0.25) is 0 Å². The van der Waals surface area contributed by atoms with Crippen molar-refractivity contribution >= 4 is 12.6 Å². The van der Waals surface area contributed by atoms with E-state index in [2.05, 4.69) is 52.8 Å². The Morgan fingerprint density at radius 3 is 2.50 bits per heavy atom. The first-order chi connectivity index (χ1) is 13.2. The zero-order valence-electron chi connectivity index (χ0n) is 17.4. The first kappa shape index (κ1) is 19.5. The predicted octanol–water partition coefficient (Wildman–Crippen LogP) is 3.85. The number of aryl methyl sites for hydroxylation is 1. The highest BCUT2D eigenvalue weighted by Crippen LogP contribution is 2.39. The molecule has 2 aliphatic rings. The lowest BCUT2D eigenvalue weighted by molar-refractivity contribution is 0.00578. The molecule has 4 rings (SSSR count). The van der Waals surface area contributed by atoms with E-state index in [0.29, 0.717) is 0 Å². The fraction of sp³-hybridized carbons (Fsp3) is 0.478. The molecule has 2 aromatic carbocycles. The van der Waals surface area contributed by atoms with Crippen molar-refractivity contribution in [2.75, 3.05) is 0 Å². The number of hydrogen-bond donors (Lipinski definition) is 1. The highest BCUT2D eigenvalue weighted by atomic mass is 16.7. The lowest BCUT2D eigenvalue weighted by atomic mass is 9.76. The summed E-state index contributed by atoms with van der Waals surface area (Å²) in [7, 11) is -0.392. The molecule has 0 spiro atoms. The summed E-state index contributed by atoms with van der Waals surface area (Å²) in [5.41, 5.74) is 4.80. The Kier molecular flexibility index (Phi) is 4.81. The van der Waals surface area contributed by atoms with E-state index in [-0.39, 0.29) is 23.9 Å². The number of benzene rings is 2. The molecule has 28 heavy (non-hydrogen) atoms. The number of aliphatic hydroxyl groups excluding tert-OH is 1. The summed E-state index contributed by atoms with van der Waals surface area (Å²) in [6, 6.07) is 12.2. The molecule has 0 amide bonds. The van der Waals surface area contributed by atoms with E-state index in [0.717, 1.165) is 35.2 Å². The molecular weight excluding hydrogens is 351 g/mol. The molecule has 0 saturated carbocycles. The number of fused-ring (bicyclic) bond motifs is 1. The standard InChI is InChI=1S/C23H29BO4/c1-15-19(24-27-22(2,3)23(4,5)28-24)7-6-8-20(15)26-21-12-10-17-13-16(14-25)9-11-18(17)21/h6-9,11,13,21,25H,10,12,14H2,1-5H3. The smallest absolute Gasteiger partial charge is 0.485 e. The summed E-state index contributed by atoms with van der Waals surface area (Å²) >= 11 is 0. The quantitative estimate of drug-likeness (QED) is 0.819. The van der Waals surface area contributed by atoms with Crippen LogP contribution in [0.4, 0.5) is 0 Å². The van der Waals surface area contributed by atoms with Gasteiger partial charge in [0.1, 0.15) is 11.9 Å². The Morgan fingerprint density at radius 1 is 1.11 bits per heavy atom. The maximum Gasteiger partial charge on any atom is 0.495 e. The van der Waals surface area contributed by atoms with Crippen LogP contribution < -0.4 is 10.2 Å². The lowest BCUT2D eigenvalue weighted by Crippen LogP contribution is -2.41. The molecular formula is C23H29BO4. The molecule has 4 nitrogen and oxygen atoms in total. The van der Waals surface area contributed by atoms with Gasteiger partial charge in [0.05, 0.1) is 17.8 Å². The Bertz CT molecular complexity index is 874. The second kappa shape index (κ2) is 6.91. The monoisotopic (exact) mass is 380 g/mol. The minimum atomic E-state index is -0.392. The van der Waals surface area contributed by atoms with E-state index in [1.54, 1.807) is 0 Å². The first-order valence-electron chi connectivity index (χ1n) is 10.1. The van der Waals surface area contributed by atoms with Gasteiger partial charge in [-0.2, -0.15) is 0 Å². The van der Waals surface area contributed by atoms with Gasteiger partial charge in [-0.05, 0) is 81.2 Å². The third-order valence-electron chi connectivity index (χ3n) is 6.52. The van der Waals surface area contributed by atoms with E-state index < -0.39 is 7.12 Å². The summed E-state index contributed by atoms with van der Waals surface area (Å²) in [6.07, 6.45) is 1.96. The molecule has 2 aromatic rings. The van der Waals surface area contributed by atoms with Crippen LogP contribution in [0.5, 0.6) is 5.75 Å². The summed E-state index contributed by atoms with van der Waals surface area (Å²) < 4.78 is 18.9. The fourth-order valence-electron chi connectivity index (χ4n) is 3.99. The van der Waals surface area contributed by atoms with Gasteiger partial charge in [-0.15, -0.1) is 0 Å². The third kappa shape index (κ3) is 3.26. The molecule has 1 heterocycles. The minimum Gasteiger partial charge on any atom is -0.485 e. The highest BCUT2D eigenvalue weighted by Gasteiger charge is 2.52. The number of rotatable bonds is 4. The van der Waals surface area contributed by atoms with Crippen LogP contribution in [0.3, 0.4) is 0 Å². The average molecular weight is 380 g/mol. The third-order valence-corrected chi connectivity index (χ3v) is 6.52. The van der Waals surface area contributed by atoms with Crippen molar-refractivity contribution in [2.24, 2.45) is 0 Å². The van der Waals surface area contributed by atoms with Crippen molar-refractivity contribution in [3.63, 3.8) is 0 Å². The normalized spacial score (nSPS) is 22.4. The molecule has 0 aromatic heterocycles.